The molecule has 158 valence electrons. The molecule has 0 aliphatic heterocycles. The molecule has 3 rings (SSSR count). The SMILES string of the molecule is CN[C@]1(c2ccccc2)CC[C@@](C)(CN(C(N)=O)c2ccc(C#N)cc2OC)CC1. The Labute approximate surface area is 178 Å². The standard InChI is InChI=1S/C24H30N4O2/c1-23(11-13-24(27-2,14-12-23)19-7-5-4-6-8-19)17-28(22(26)29)20-10-9-18(16-25)15-21(20)30-3/h4-10,15,27H,11-14,17H2,1-3H3,(H2,26,29)/t23-,24-. The molecule has 0 atom stereocenters. The van der Waals surface area contributed by atoms with Crippen LogP contribution in [0.5, 0.6) is 5.75 Å². The minimum atomic E-state index is -0.521. The van der Waals surface area contributed by atoms with Crippen molar-refractivity contribution in [2.45, 2.75) is 38.1 Å². The van der Waals surface area contributed by atoms with Crippen LogP contribution in [-0.4, -0.2) is 26.7 Å². The summed E-state index contributed by atoms with van der Waals surface area (Å²) in [5.41, 5.74) is 8.01. The zero-order valence-corrected chi connectivity index (χ0v) is 17.9. The molecule has 2 aromatic rings. The first-order chi connectivity index (χ1) is 14.4. The van der Waals surface area contributed by atoms with Crippen LogP contribution in [-0.2, 0) is 5.54 Å². The highest BCUT2D eigenvalue weighted by molar-refractivity contribution is 5.92. The summed E-state index contributed by atoms with van der Waals surface area (Å²) < 4.78 is 5.44. The van der Waals surface area contributed by atoms with Crippen molar-refractivity contribution in [3.05, 3.63) is 59.7 Å². The van der Waals surface area contributed by atoms with E-state index in [4.69, 9.17) is 15.7 Å². The van der Waals surface area contributed by atoms with E-state index in [9.17, 15) is 4.79 Å². The van der Waals surface area contributed by atoms with Gasteiger partial charge in [0.25, 0.3) is 0 Å². The van der Waals surface area contributed by atoms with Gasteiger partial charge in [-0.1, -0.05) is 37.3 Å². The lowest BCUT2D eigenvalue weighted by molar-refractivity contribution is 0.130. The molecular formula is C24H30N4O2. The lowest BCUT2D eigenvalue weighted by Crippen LogP contribution is -2.50. The van der Waals surface area contributed by atoms with Crippen molar-refractivity contribution < 1.29 is 9.53 Å². The molecule has 30 heavy (non-hydrogen) atoms. The fourth-order valence-electron chi connectivity index (χ4n) is 4.51. The third kappa shape index (κ3) is 4.27. The maximum Gasteiger partial charge on any atom is 0.319 e. The van der Waals surface area contributed by atoms with Crippen LogP contribution in [0.2, 0.25) is 0 Å². The summed E-state index contributed by atoms with van der Waals surface area (Å²) in [7, 11) is 3.55. The van der Waals surface area contributed by atoms with Crippen LogP contribution in [0.25, 0.3) is 0 Å². The number of primary amides is 1. The van der Waals surface area contributed by atoms with Crippen LogP contribution in [0.3, 0.4) is 0 Å². The molecule has 1 aliphatic carbocycles. The molecule has 6 nitrogen and oxygen atoms in total. The van der Waals surface area contributed by atoms with Crippen molar-refractivity contribution in [3.8, 4) is 11.8 Å². The van der Waals surface area contributed by atoms with Gasteiger partial charge >= 0.3 is 6.03 Å². The van der Waals surface area contributed by atoms with E-state index in [0.29, 0.717) is 23.5 Å². The normalized spacial score (nSPS) is 23.4. The van der Waals surface area contributed by atoms with E-state index in [1.807, 2.05) is 13.1 Å². The van der Waals surface area contributed by atoms with E-state index in [1.165, 1.54) is 12.7 Å². The minimum Gasteiger partial charge on any atom is -0.495 e. The fourth-order valence-corrected chi connectivity index (χ4v) is 4.51. The molecule has 0 unspecified atom stereocenters. The Bertz CT molecular complexity index is 928. The first-order valence-corrected chi connectivity index (χ1v) is 10.3. The second-order valence-corrected chi connectivity index (χ2v) is 8.43. The van der Waals surface area contributed by atoms with Crippen molar-refractivity contribution >= 4 is 11.7 Å². The maximum absolute atomic E-state index is 12.4. The number of hydrogen-bond acceptors (Lipinski definition) is 4. The van der Waals surface area contributed by atoms with Gasteiger partial charge < -0.3 is 15.8 Å². The van der Waals surface area contributed by atoms with Crippen LogP contribution in [0.15, 0.2) is 48.5 Å². The van der Waals surface area contributed by atoms with Gasteiger partial charge in [0.05, 0.1) is 24.4 Å². The number of rotatable bonds is 6. The lowest BCUT2D eigenvalue weighted by Gasteiger charge is -2.46. The Morgan fingerprint density at radius 1 is 1.20 bits per heavy atom. The molecule has 1 aliphatic rings. The minimum absolute atomic E-state index is 0.0511. The van der Waals surface area contributed by atoms with Gasteiger partial charge in [-0.2, -0.15) is 5.26 Å². The number of anilines is 1. The molecule has 0 bridgehead atoms. The molecule has 2 amide bonds. The number of hydrogen-bond donors (Lipinski definition) is 2. The first kappa shape index (κ1) is 21.7. The molecule has 0 spiro atoms. The topological polar surface area (TPSA) is 91.4 Å². The van der Waals surface area contributed by atoms with E-state index in [-0.39, 0.29) is 11.0 Å². The maximum atomic E-state index is 12.4. The van der Waals surface area contributed by atoms with Gasteiger partial charge in [-0.25, -0.2) is 4.79 Å². The Hall–Kier alpha value is -3.04. The van der Waals surface area contributed by atoms with E-state index >= 15 is 0 Å². The number of carbonyl (C=O) groups excluding carboxylic acids is 1. The highest BCUT2D eigenvalue weighted by atomic mass is 16.5. The predicted molar refractivity (Wildman–Crippen MR) is 118 cm³/mol. The highest BCUT2D eigenvalue weighted by Crippen LogP contribution is 2.46. The van der Waals surface area contributed by atoms with Gasteiger partial charge in [0.15, 0.2) is 0 Å². The smallest absolute Gasteiger partial charge is 0.319 e. The second-order valence-electron chi connectivity index (χ2n) is 8.43. The van der Waals surface area contributed by atoms with Crippen LogP contribution >= 0.6 is 0 Å². The van der Waals surface area contributed by atoms with Crippen LogP contribution in [0, 0.1) is 16.7 Å². The molecule has 3 N–H and O–H groups in total. The van der Waals surface area contributed by atoms with Crippen molar-refractivity contribution in [1.82, 2.24) is 5.32 Å². The Kier molecular flexibility index (Phi) is 6.33. The predicted octanol–water partition coefficient (Wildman–Crippen LogP) is 4.15. The molecule has 1 saturated carbocycles. The summed E-state index contributed by atoms with van der Waals surface area (Å²) >= 11 is 0. The summed E-state index contributed by atoms with van der Waals surface area (Å²) in [5.74, 6) is 0.473. The zero-order valence-electron chi connectivity index (χ0n) is 17.9. The summed E-state index contributed by atoms with van der Waals surface area (Å²) in [6.07, 6.45) is 3.85. The van der Waals surface area contributed by atoms with E-state index in [0.717, 1.165) is 25.7 Å². The zero-order chi connectivity index (χ0) is 21.8. The largest absolute Gasteiger partial charge is 0.495 e. The molecule has 0 heterocycles. The van der Waals surface area contributed by atoms with E-state index < -0.39 is 6.03 Å². The second kappa shape index (κ2) is 8.76. The Balaban J connectivity index is 1.82. The highest BCUT2D eigenvalue weighted by Gasteiger charge is 2.42. The fraction of sp³-hybridized carbons (Fsp3) is 0.417. The van der Waals surface area contributed by atoms with E-state index in [1.54, 1.807) is 23.1 Å². The van der Waals surface area contributed by atoms with Crippen molar-refractivity contribution in [2.75, 3.05) is 25.6 Å². The van der Waals surface area contributed by atoms with Gasteiger partial charge in [0.1, 0.15) is 5.75 Å². The van der Waals surface area contributed by atoms with Crippen molar-refractivity contribution in [1.29, 1.82) is 5.26 Å². The van der Waals surface area contributed by atoms with Gasteiger partial charge in [-0.15, -0.1) is 0 Å². The lowest BCUT2D eigenvalue weighted by atomic mass is 9.66. The number of nitrogens with one attached hydrogen (secondary N) is 1. The monoisotopic (exact) mass is 406 g/mol. The number of methoxy groups -OCH3 is 1. The molecule has 0 saturated heterocycles. The van der Waals surface area contributed by atoms with Gasteiger partial charge in [-0.05, 0) is 55.8 Å². The third-order valence-corrected chi connectivity index (χ3v) is 6.52. The Morgan fingerprint density at radius 2 is 1.87 bits per heavy atom. The number of urea groups is 1. The Morgan fingerprint density at radius 3 is 2.40 bits per heavy atom. The molecule has 0 aromatic heterocycles. The summed E-state index contributed by atoms with van der Waals surface area (Å²) in [6.45, 7) is 2.71. The number of ether oxygens (including phenoxy) is 1. The quantitative estimate of drug-likeness (QED) is 0.754. The third-order valence-electron chi connectivity index (χ3n) is 6.52. The first-order valence-electron chi connectivity index (χ1n) is 10.3. The molecule has 0 radical (unpaired) electrons. The van der Waals surface area contributed by atoms with Crippen LogP contribution < -0.4 is 20.7 Å². The summed E-state index contributed by atoms with van der Waals surface area (Å²) in [6, 6.07) is 17.2. The number of carbonyl (C=O) groups is 1. The molecular weight excluding hydrogens is 376 g/mol. The molecule has 6 heteroatoms. The molecule has 1 fully saturated rings. The number of amides is 2. The van der Waals surface area contributed by atoms with Gasteiger partial charge in [-0.3, -0.25) is 4.90 Å². The van der Waals surface area contributed by atoms with Gasteiger partial charge in [0.2, 0.25) is 0 Å². The van der Waals surface area contributed by atoms with Crippen LogP contribution in [0.1, 0.15) is 43.7 Å². The number of nitriles is 1. The number of nitrogens with two attached hydrogens (primary N) is 1. The average molecular weight is 407 g/mol. The van der Waals surface area contributed by atoms with E-state index in [2.05, 4.69) is 42.6 Å². The number of nitrogens with zero attached hydrogens (tertiary/aromatic N) is 2. The average Bonchev–Trinajstić information content (AvgIpc) is 2.78. The summed E-state index contributed by atoms with van der Waals surface area (Å²) in [4.78, 5) is 13.9. The summed E-state index contributed by atoms with van der Waals surface area (Å²) in [5, 5.41) is 12.7. The van der Waals surface area contributed by atoms with Crippen LogP contribution in [0.4, 0.5) is 10.5 Å². The number of benzene rings is 2. The molecule has 2 aromatic carbocycles. The van der Waals surface area contributed by atoms with Crippen molar-refractivity contribution in [3.63, 3.8) is 0 Å². The van der Waals surface area contributed by atoms with Crippen molar-refractivity contribution in [2.24, 2.45) is 11.1 Å². The van der Waals surface area contributed by atoms with Gasteiger partial charge in [0, 0.05) is 18.2 Å².